The van der Waals surface area contributed by atoms with Crippen LogP contribution in [-0.4, -0.2) is 60.0 Å². The van der Waals surface area contributed by atoms with Crippen LogP contribution in [0.5, 0.6) is 5.75 Å². The number of ether oxygens (including phenoxy) is 1. The molecule has 2 saturated heterocycles. The topological polar surface area (TPSA) is 105 Å². The Kier molecular flexibility index (Phi) is 5.76. The van der Waals surface area contributed by atoms with Crippen LogP contribution in [0.3, 0.4) is 0 Å². The molecule has 2 atom stereocenters. The Morgan fingerprint density at radius 3 is 2.68 bits per heavy atom. The summed E-state index contributed by atoms with van der Waals surface area (Å²) in [6.07, 6.45) is 4.11. The first-order valence-electron chi connectivity index (χ1n) is 9.15. The number of amides is 2. The number of piperidine rings is 1. The van der Waals surface area contributed by atoms with E-state index in [1.165, 1.54) is 23.1 Å². The van der Waals surface area contributed by atoms with Crippen LogP contribution in [0.4, 0.5) is 11.4 Å². The maximum absolute atomic E-state index is 12.9. The third kappa shape index (κ3) is 3.77. The number of likely N-dealkylation sites (N-methyl/N-ethyl adjacent to an activating group) is 1. The largest absolute Gasteiger partial charge is 0.482 e. The van der Waals surface area contributed by atoms with Gasteiger partial charge in [0.25, 0.3) is 11.6 Å². The Balaban J connectivity index is 0.00000225. The molecule has 0 aromatic heterocycles. The van der Waals surface area contributed by atoms with E-state index in [9.17, 15) is 19.7 Å². The molecule has 2 amide bonds. The number of anilines is 1. The molecule has 1 aromatic carbocycles. The molecule has 10 heteroatoms. The van der Waals surface area contributed by atoms with E-state index in [4.69, 9.17) is 4.74 Å². The Morgan fingerprint density at radius 1 is 1.36 bits per heavy atom. The zero-order valence-corrected chi connectivity index (χ0v) is 16.3. The van der Waals surface area contributed by atoms with E-state index in [0.717, 1.165) is 25.7 Å². The second kappa shape index (κ2) is 7.92. The van der Waals surface area contributed by atoms with Crippen molar-refractivity contribution in [3.63, 3.8) is 0 Å². The van der Waals surface area contributed by atoms with Crippen molar-refractivity contribution in [1.29, 1.82) is 0 Å². The first-order chi connectivity index (χ1) is 12.9. The third-order valence-electron chi connectivity index (χ3n) is 5.78. The first-order valence-corrected chi connectivity index (χ1v) is 9.15. The van der Waals surface area contributed by atoms with Gasteiger partial charge in [0.15, 0.2) is 6.61 Å². The molecule has 0 saturated carbocycles. The van der Waals surface area contributed by atoms with E-state index in [0.29, 0.717) is 17.8 Å². The molecule has 152 valence electrons. The number of rotatable bonds is 4. The molecule has 0 aliphatic carbocycles. The van der Waals surface area contributed by atoms with Gasteiger partial charge in [-0.1, -0.05) is 0 Å². The summed E-state index contributed by atoms with van der Waals surface area (Å²) in [5.41, 5.74) is 0.125. The molecular weight excluding hydrogens is 388 g/mol. The molecule has 0 radical (unpaired) electrons. The fourth-order valence-electron chi connectivity index (χ4n) is 4.27. The van der Waals surface area contributed by atoms with Gasteiger partial charge in [-0.2, -0.15) is 0 Å². The Bertz CT molecular complexity index is 792. The summed E-state index contributed by atoms with van der Waals surface area (Å²) in [6.45, 7) is -0.328. The van der Waals surface area contributed by atoms with Crippen molar-refractivity contribution < 1.29 is 19.2 Å². The Morgan fingerprint density at radius 2 is 2.04 bits per heavy atom. The van der Waals surface area contributed by atoms with E-state index in [1.54, 1.807) is 11.9 Å². The highest BCUT2D eigenvalue weighted by Gasteiger charge is 2.37. The van der Waals surface area contributed by atoms with Gasteiger partial charge in [0.05, 0.1) is 10.6 Å². The number of nitrogens with zero attached hydrogens (tertiary/aromatic N) is 3. The predicted molar refractivity (Wildman–Crippen MR) is 104 cm³/mol. The quantitative estimate of drug-likeness (QED) is 0.595. The Labute approximate surface area is 168 Å². The van der Waals surface area contributed by atoms with Crippen molar-refractivity contribution in [3.05, 3.63) is 28.3 Å². The van der Waals surface area contributed by atoms with Crippen LogP contribution in [0.2, 0.25) is 0 Å². The van der Waals surface area contributed by atoms with Crippen molar-refractivity contribution in [3.8, 4) is 5.75 Å². The highest BCUT2D eigenvalue weighted by molar-refractivity contribution is 6.02. The van der Waals surface area contributed by atoms with Crippen molar-refractivity contribution in [2.45, 2.75) is 43.8 Å². The van der Waals surface area contributed by atoms with Crippen LogP contribution in [0, 0.1) is 10.1 Å². The van der Waals surface area contributed by atoms with Crippen molar-refractivity contribution in [1.82, 2.24) is 10.2 Å². The van der Waals surface area contributed by atoms with Gasteiger partial charge in [-0.15, -0.1) is 12.4 Å². The molecule has 0 spiro atoms. The molecule has 3 heterocycles. The summed E-state index contributed by atoms with van der Waals surface area (Å²) < 4.78 is 5.35. The summed E-state index contributed by atoms with van der Waals surface area (Å²) in [5.74, 6) is -0.181. The summed E-state index contributed by atoms with van der Waals surface area (Å²) in [7, 11) is 1.77. The zero-order chi connectivity index (χ0) is 19.1. The number of halogens is 1. The normalized spacial score (nSPS) is 25.4. The van der Waals surface area contributed by atoms with E-state index >= 15 is 0 Å². The fraction of sp³-hybridized carbons (Fsp3) is 0.556. The van der Waals surface area contributed by atoms with Crippen LogP contribution in [0.25, 0.3) is 0 Å². The molecule has 2 unspecified atom stereocenters. The number of non-ortho nitro benzene ring substituents is 1. The molecule has 1 N–H and O–H groups in total. The lowest BCUT2D eigenvalue weighted by molar-refractivity contribution is -0.384. The van der Waals surface area contributed by atoms with E-state index in [-0.39, 0.29) is 54.8 Å². The smallest absolute Gasteiger partial charge is 0.271 e. The lowest BCUT2D eigenvalue weighted by Crippen LogP contribution is -2.52. The van der Waals surface area contributed by atoms with Gasteiger partial charge in [-0.05, 0) is 31.7 Å². The summed E-state index contributed by atoms with van der Waals surface area (Å²) in [5, 5.41) is 14.6. The van der Waals surface area contributed by atoms with Crippen LogP contribution < -0.4 is 15.0 Å². The van der Waals surface area contributed by atoms with Crippen LogP contribution in [-0.2, 0) is 9.59 Å². The maximum Gasteiger partial charge on any atom is 0.271 e. The fourth-order valence-corrected chi connectivity index (χ4v) is 4.27. The van der Waals surface area contributed by atoms with Gasteiger partial charge in [0, 0.05) is 37.3 Å². The van der Waals surface area contributed by atoms with Gasteiger partial charge >= 0.3 is 0 Å². The van der Waals surface area contributed by atoms with Crippen molar-refractivity contribution in [2.75, 3.05) is 25.1 Å². The Hall–Kier alpha value is -2.39. The van der Waals surface area contributed by atoms with Gasteiger partial charge in [-0.3, -0.25) is 24.6 Å². The number of nitro benzene ring substituents is 1. The molecule has 9 nitrogen and oxygen atoms in total. The molecule has 1 aromatic rings. The van der Waals surface area contributed by atoms with Crippen molar-refractivity contribution >= 4 is 35.6 Å². The molecule has 4 rings (SSSR count). The molecule has 3 aliphatic rings. The second-order valence-electron chi connectivity index (χ2n) is 7.45. The molecule has 2 fully saturated rings. The maximum atomic E-state index is 12.9. The van der Waals surface area contributed by atoms with Crippen LogP contribution in [0.1, 0.15) is 25.7 Å². The molecular formula is C18H23ClN4O5. The highest BCUT2D eigenvalue weighted by Crippen LogP contribution is 2.35. The number of fused-ring (bicyclic) bond motifs is 3. The molecule has 28 heavy (non-hydrogen) atoms. The molecule has 3 aliphatic heterocycles. The molecule has 2 bridgehead atoms. The number of carbonyl (C=O) groups is 2. The minimum Gasteiger partial charge on any atom is -0.482 e. The SMILES string of the molecule is CN(C(=O)CN1C(=O)COc2ccc([N+](=O)[O-])cc21)C1CC2CCC(C1)N2.Cl. The number of hydrogen-bond acceptors (Lipinski definition) is 6. The first kappa shape index (κ1) is 20.3. The second-order valence-corrected chi connectivity index (χ2v) is 7.45. The average molecular weight is 411 g/mol. The minimum absolute atomic E-state index is 0. The van der Waals surface area contributed by atoms with E-state index in [2.05, 4.69) is 5.32 Å². The van der Waals surface area contributed by atoms with Crippen LogP contribution in [0.15, 0.2) is 18.2 Å². The third-order valence-corrected chi connectivity index (χ3v) is 5.78. The number of benzene rings is 1. The summed E-state index contributed by atoms with van der Waals surface area (Å²) >= 11 is 0. The van der Waals surface area contributed by atoms with Crippen molar-refractivity contribution in [2.24, 2.45) is 0 Å². The lowest BCUT2D eigenvalue weighted by Gasteiger charge is -2.37. The van der Waals surface area contributed by atoms with Gasteiger partial charge < -0.3 is 15.0 Å². The standard InChI is InChI=1S/C18H22N4O5.ClH/c1-20(14-6-11-2-3-12(7-14)19-11)17(23)9-21-15-8-13(22(25)26)4-5-16(15)27-10-18(21)24;/h4-5,8,11-12,14,19H,2-3,6-7,9-10H2,1H3;1H. The van der Waals surface area contributed by atoms with E-state index in [1.807, 2.05) is 0 Å². The average Bonchev–Trinajstić information content (AvgIpc) is 3.00. The van der Waals surface area contributed by atoms with E-state index < -0.39 is 4.92 Å². The van der Waals surface area contributed by atoms with Gasteiger partial charge in [0.2, 0.25) is 5.91 Å². The number of nitro groups is 1. The summed E-state index contributed by atoms with van der Waals surface area (Å²) in [4.78, 5) is 38.7. The number of hydrogen-bond donors (Lipinski definition) is 1. The number of carbonyl (C=O) groups excluding carboxylic acids is 2. The predicted octanol–water partition coefficient (Wildman–Crippen LogP) is 1.48. The monoisotopic (exact) mass is 410 g/mol. The van der Waals surface area contributed by atoms with Gasteiger partial charge in [-0.25, -0.2) is 0 Å². The highest BCUT2D eigenvalue weighted by atomic mass is 35.5. The number of nitrogens with one attached hydrogen (secondary N) is 1. The lowest BCUT2D eigenvalue weighted by atomic mass is 9.98. The van der Waals surface area contributed by atoms with Gasteiger partial charge in [0.1, 0.15) is 12.3 Å². The minimum atomic E-state index is -0.531. The van der Waals surface area contributed by atoms with Crippen LogP contribution >= 0.6 is 12.4 Å². The zero-order valence-electron chi connectivity index (χ0n) is 15.5. The summed E-state index contributed by atoms with van der Waals surface area (Å²) in [6, 6.07) is 5.13.